The number of hydrogen-bond donors (Lipinski definition) is 5. The van der Waals surface area contributed by atoms with E-state index in [2.05, 4.69) is 15.3 Å². The monoisotopic (exact) mass is 326 g/mol. The number of benzene rings is 1. The molecule has 6 N–H and O–H groups in total. The third-order valence-corrected chi connectivity index (χ3v) is 4.35. The van der Waals surface area contributed by atoms with Crippen molar-refractivity contribution in [3.63, 3.8) is 0 Å². The fourth-order valence-corrected chi connectivity index (χ4v) is 2.76. The summed E-state index contributed by atoms with van der Waals surface area (Å²) in [4.78, 5) is 7.62. The van der Waals surface area contributed by atoms with Gasteiger partial charge in [0.2, 0.25) is 0 Å². The van der Waals surface area contributed by atoms with Crippen molar-refractivity contribution >= 4 is 36.0 Å². The van der Waals surface area contributed by atoms with E-state index >= 15 is 0 Å². The van der Waals surface area contributed by atoms with Crippen LogP contribution in [0.5, 0.6) is 5.75 Å². The van der Waals surface area contributed by atoms with Crippen molar-refractivity contribution in [2.45, 2.75) is 0 Å². The molecule has 19 heavy (non-hydrogen) atoms. The average Bonchev–Trinajstić information content (AvgIpc) is 2.27. The van der Waals surface area contributed by atoms with Crippen LogP contribution in [0.4, 0.5) is 17.5 Å². The van der Waals surface area contributed by atoms with E-state index in [4.69, 9.17) is 13.9 Å². The first-order valence-electron chi connectivity index (χ1n) is 5.11. The molecule has 8 nitrogen and oxygen atoms in total. The molecule has 0 spiro atoms. The molecule has 1 aromatic carbocycles. The van der Waals surface area contributed by atoms with Gasteiger partial charge >= 0.3 is 110 Å². The van der Waals surface area contributed by atoms with Crippen molar-refractivity contribution in [3.8, 4) is 5.75 Å². The Labute approximate surface area is 110 Å². The summed E-state index contributed by atoms with van der Waals surface area (Å²) >= 11 is -5.11. The van der Waals surface area contributed by atoms with E-state index in [0.29, 0.717) is 11.5 Å². The summed E-state index contributed by atoms with van der Waals surface area (Å²) in [6.07, 6.45) is 1.46. The van der Waals surface area contributed by atoms with Gasteiger partial charge in [-0.1, -0.05) is 0 Å². The van der Waals surface area contributed by atoms with Crippen LogP contribution in [0.1, 0.15) is 0 Å². The third kappa shape index (κ3) is 3.25. The normalized spacial score (nSPS) is 11.3. The third-order valence-electron chi connectivity index (χ3n) is 2.24. The first-order valence-corrected chi connectivity index (χ1v) is 8.49. The van der Waals surface area contributed by atoms with E-state index in [-0.39, 0.29) is 10.3 Å². The van der Waals surface area contributed by atoms with Gasteiger partial charge in [0.25, 0.3) is 0 Å². The number of nitrogens with zero attached hydrogens (tertiary/aromatic N) is 2. The molecule has 0 aliphatic rings. The van der Waals surface area contributed by atoms with Crippen LogP contribution in [0.2, 0.25) is 0 Å². The number of nitrogens with two attached hydrogens (primary N) is 1. The van der Waals surface area contributed by atoms with Gasteiger partial charge in [-0.3, -0.25) is 0 Å². The van der Waals surface area contributed by atoms with E-state index < -0.39 is 19.9 Å². The zero-order chi connectivity index (χ0) is 14.0. The van der Waals surface area contributed by atoms with Crippen LogP contribution in [0.3, 0.4) is 0 Å². The number of aromatic hydroxyl groups is 1. The molecule has 1 aromatic heterocycles. The van der Waals surface area contributed by atoms with E-state index in [0.717, 1.165) is 0 Å². The number of phenolic OH excluding ortho intramolecular Hbond substituents is 1. The number of phenols is 1. The van der Waals surface area contributed by atoms with Crippen molar-refractivity contribution in [3.05, 3.63) is 30.5 Å². The average molecular weight is 326 g/mol. The quantitative estimate of drug-likeness (QED) is 0.455. The molecule has 0 saturated heterocycles. The maximum absolute atomic E-state index is 11.1. The molecule has 0 unspecified atom stereocenters. The van der Waals surface area contributed by atoms with Gasteiger partial charge in [-0.05, 0) is 0 Å². The van der Waals surface area contributed by atoms with Gasteiger partial charge in [0, 0.05) is 0 Å². The predicted molar refractivity (Wildman–Crippen MR) is 68.3 cm³/mol. The first-order chi connectivity index (χ1) is 8.86. The molecule has 0 amide bonds. The SMILES string of the molecule is Nc1nccc(Nc2ccc([As](=O)(O)O)c(O)c2)n1. The molecule has 0 bridgehead atoms. The zero-order valence-electron chi connectivity index (χ0n) is 9.56. The summed E-state index contributed by atoms with van der Waals surface area (Å²) in [6, 6.07) is 5.36. The van der Waals surface area contributed by atoms with Gasteiger partial charge < -0.3 is 0 Å². The molecule has 0 atom stereocenters. The molecular weight excluding hydrogens is 315 g/mol. The van der Waals surface area contributed by atoms with Crippen molar-refractivity contribution in [1.29, 1.82) is 0 Å². The van der Waals surface area contributed by atoms with Crippen LogP contribution in [0.15, 0.2) is 30.5 Å². The Morgan fingerprint density at radius 2 is 2.00 bits per heavy atom. The number of hydrogen-bond acceptors (Lipinski definition) is 6. The summed E-state index contributed by atoms with van der Waals surface area (Å²) in [5.74, 6) is 0.0185. The second-order valence-electron chi connectivity index (χ2n) is 3.67. The molecule has 2 aromatic rings. The van der Waals surface area contributed by atoms with Crippen LogP contribution < -0.4 is 15.4 Å². The number of nitrogen functional groups attached to an aromatic ring is 1. The number of nitrogens with one attached hydrogen (secondary N) is 1. The molecule has 9 heteroatoms. The summed E-state index contributed by atoms with van der Waals surface area (Å²) < 4.78 is 28.8. The van der Waals surface area contributed by atoms with E-state index in [1.165, 1.54) is 24.4 Å². The van der Waals surface area contributed by atoms with Gasteiger partial charge in [-0.15, -0.1) is 0 Å². The Morgan fingerprint density at radius 3 is 2.58 bits per heavy atom. The molecule has 0 aliphatic carbocycles. The second-order valence-corrected chi connectivity index (χ2v) is 6.97. The summed E-state index contributed by atoms with van der Waals surface area (Å²) in [5, 5.41) is 12.4. The molecule has 0 radical (unpaired) electrons. The number of rotatable bonds is 3. The van der Waals surface area contributed by atoms with E-state index in [9.17, 15) is 8.85 Å². The van der Waals surface area contributed by atoms with Crippen LogP contribution in [-0.2, 0) is 3.74 Å². The minimum absolute atomic E-state index is 0.0873. The zero-order valence-corrected chi connectivity index (χ0v) is 11.4. The number of aromatic nitrogens is 2. The van der Waals surface area contributed by atoms with Crippen molar-refractivity contribution in [2.24, 2.45) is 0 Å². The molecule has 0 aliphatic heterocycles. The minimum atomic E-state index is -5.11. The van der Waals surface area contributed by atoms with Gasteiger partial charge in [-0.2, -0.15) is 0 Å². The Bertz CT molecular complexity index is 658. The van der Waals surface area contributed by atoms with Gasteiger partial charge in [0.1, 0.15) is 0 Å². The molecular formula is C10H11AsN4O4. The topological polar surface area (TPSA) is 142 Å². The Hall–Kier alpha value is -2.02. The molecule has 100 valence electrons. The summed E-state index contributed by atoms with van der Waals surface area (Å²) in [6.45, 7) is 0. The van der Waals surface area contributed by atoms with E-state index in [1.54, 1.807) is 6.07 Å². The maximum atomic E-state index is 11.1. The summed E-state index contributed by atoms with van der Waals surface area (Å²) in [7, 11) is 0. The standard InChI is InChI=1S/C10H11AsN4O4/c12-10-13-4-3-9(15-10)14-6-1-2-7(8(16)5-6)11(17,18)19/h1-5,16H,(H2,17,18,19)(H3,12,13,14,15). The summed E-state index contributed by atoms with van der Waals surface area (Å²) in [5.41, 5.74) is 5.83. The first kappa shape index (κ1) is 13.4. The fourth-order valence-electron chi connectivity index (χ4n) is 1.44. The fraction of sp³-hybridized carbons (Fsp3) is 0. The van der Waals surface area contributed by atoms with Gasteiger partial charge in [0.05, 0.1) is 0 Å². The molecule has 1 heterocycles. The van der Waals surface area contributed by atoms with Crippen molar-refractivity contribution in [2.75, 3.05) is 11.1 Å². The van der Waals surface area contributed by atoms with Crippen LogP contribution >= 0.6 is 0 Å². The van der Waals surface area contributed by atoms with Crippen molar-refractivity contribution in [1.82, 2.24) is 9.97 Å². The Morgan fingerprint density at radius 1 is 1.26 bits per heavy atom. The van der Waals surface area contributed by atoms with Crippen LogP contribution in [0, 0.1) is 0 Å². The Balaban J connectivity index is 2.28. The van der Waals surface area contributed by atoms with Crippen LogP contribution in [-0.4, -0.2) is 37.4 Å². The van der Waals surface area contributed by atoms with Gasteiger partial charge in [0.15, 0.2) is 0 Å². The van der Waals surface area contributed by atoms with E-state index in [1.807, 2.05) is 0 Å². The van der Waals surface area contributed by atoms with Crippen molar-refractivity contribution < 1.29 is 17.0 Å². The van der Waals surface area contributed by atoms with Gasteiger partial charge in [-0.25, -0.2) is 0 Å². The second kappa shape index (κ2) is 4.93. The molecule has 0 saturated carbocycles. The predicted octanol–water partition coefficient (Wildman–Crippen LogP) is -0.931. The van der Waals surface area contributed by atoms with Crippen LogP contribution in [0.25, 0.3) is 0 Å². The molecule has 2 rings (SSSR count). The number of anilines is 3. The Kier molecular flexibility index (Phi) is 3.48. The molecule has 0 fully saturated rings.